The van der Waals surface area contributed by atoms with E-state index in [0.29, 0.717) is 5.39 Å². The van der Waals surface area contributed by atoms with E-state index in [2.05, 4.69) is 20.9 Å². The quantitative estimate of drug-likeness (QED) is 0.805. The molecule has 0 unspecified atom stereocenters. The number of pyridine rings is 2. The van der Waals surface area contributed by atoms with Crippen LogP contribution in [-0.2, 0) is 6.54 Å². The first-order valence-electron chi connectivity index (χ1n) is 5.21. The molecule has 2 heterocycles. The number of rotatable bonds is 1. The molecule has 2 aromatic heterocycles. The Kier molecular flexibility index (Phi) is 2.84. The average Bonchev–Trinajstić information content (AvgIpc) is 2.26. The van der Waals surface area contributed by atoms with Gasteiger partial charge in [-0.1, -0.05) is 0 Å². The van der Waals surface area contributed by atoms with Crippen molar-refractivity contribution in [3.8, 4) is 0 Å². The zero-order valence-corrected chi connectivity index (χ0v) is 11.1. The zero-order valence-electron chi connectivity index (χ0n) is 9.54. The molecule has 0 aliphatic rings. The Hall–Kier alpha value is -1.16. The topological polar surface area (TPSA) is 34.9 Å². The van der Waals surface area contributed by atoms with E-state index < -0.39 is 0 Å². The Morgan fingerprint density at radius 3 is 2.75 bits per heavy atom. The van der Waals surface area contributed by atoms with Crippen LogP contribution in [0.15, 0.2) is 21.5 Å². The zero-order chi connectivity index (χ0) is 11.9. The Bertz CT molecular complexity index is 616. The van der Waals surface area contributed by atoms with E-state index >= 15 is 0 Å². The third-order valence-corrected chi connectivity index (χ3v) is 3.50. The van der Waals surface area contributed by atoms with Crippen molar-refractivity contribution in [2.45, 2.75) is 27.3 Å². The van der Waals surface area contributed by atoms with Crippen LogP contribution >= 0.6 is 15.9 Å². The first kappa shape index (κ1) is 11.3. The molecule has 16 heavy (non-hydrogen) atoms. The van der Waals surface area contributed by atoms with Crippen molar-refractivity contribution in [2.24, 2.45) is 0 Å². The number of aryl methyl sites for hydroxylation is 3. The van der Waals surface area contributed by atoms with E-state index in [1.807, 2.05) is 37.6 Å². The van der Waals surface area contributed by atoms with Gasteiger partial charge in [-0.3, -0.25) is 4.79 Å². The van der Waals surface area contributed by atoms with Gasteiger partial charge in [0.2, 0.25) is 0 Å². The van der Waals surface area contributed by atoms with Gasteiger partial charge in [-0.25, -0.2) is 4.98 Å². The lowest BCUT2D eigenvalue weighted by molar-refractivity contribution is 0.770. The summed E-state index contributed by atoms with van der Waals surface area (Å²) in [4.78, 5) is 16.4. The summed E-state index contributed by atoms with van der Waals surface area (Å²) in [7, 11) is 0. The molecule has 0 atom stereocenters. The fourth-order valence-electron chi connectivity index (χ4n) is 1.76. The molecule has 0 aliphatic heterocycles. The van der Waals surface area contributed by atoms with E-state index in [-0.39, 0.29) is 5.43 Å². The maximum atomic E-state index is 12.0. The normalized spacial score (nSPS) is 11.0. The summed E-state index contributed by atoms with van der Waals surface area (Å²) < 4.78 is 2.89. The van der Waals surface area contributed by atoms with Crippen LogP contribution in [0, 0.1) is 13.8 Å². The molecule has 0 saturated heterocycles. The molecule has 2 rings (SSSR count). The van der Waals surface area contributed by atoms with Crippen LogP contribution in [0.5, 0.6) is 0 Å². The second kappa shape index (κ2) is 4.01. The number of aromatic nitrogens is 2. The Labute approximate surface area is 102 Å². The van der Waals surface area contributed by atoms with Gasteiger partial charge in [-0.05, 0) is 42.8 Å². The number of nitrogens with zero attached hydrogens (tertiary/aromatic N) is 2. The van der Waals surface area contributed by atoms with Crippen molar-refractivity contribution in [1.29, 1.82) is 0 Å². The minimum Gasteiger partial charge on any atom is -0.332 e. The standard InChI is InChI=1S/C12H13BrN2O/c1-4-15-6-7(2)11(16)9-5-10(13)8(3)14-12(9)15/h5-6H,4H2,1-3H3. The Morgan fingerprint density at radius 1 is 1.44 bits per heavy atom. The minimum atomic E-state index is 0.0629. The molecule has 84 valence electrons. The van der Waals surface area contributed by atoms with E-state index in [1.165, 1.54) is 0 Å². The second-order valence-corrected chi connectivity index (χ2v) is 4.71. The van der Waals surface area contributed by atoms with Gasteiger partial charge in [0, 0.05) is 22.8 Å². The fourth-order valence-corrected chi connectivity index (χ4v) is 2.08. The summed E-state index contributed by atoms with van der Waals surface area (Å²) in [5.74, 6) is 0. The van der Waals surface area contributed by atoms with Crippen molar-refractivity contribution in [1.82, 2.24) is 9.55 Å². The van der Waals surface area contributed by atoms with Crippen LogP contribution in [0.4, 0.5) is 0 Å². The lowest BCUT2D eigenvalue weighted by Gasteiger charge is -2.10. The SMILES string of the molecule is CCn1cc(C)c(=O)c2cc(Br)c(C)nc21. The van der Waals surface area contributed by atoms with Crippen LogP contribution in [0.2, 0.25) is 0 Å². The molecule has 0 aromatic carbocycles. The lowest BCUT2D eigenvalue weighted by atomic mass is 10.2. The molecule has 4 heteroatoms. The van der Waals surface area contributed by atoms with Gasteiger partial charge in [-0.2, -0.15) is 0 Å². The van der Waals surface area contributed by atoms with Crippen LogP contribution in [0.25, 0.3) is 11.0 Å². The molecular weight excluding hydrogens is 268 g/mol. The van der Waals surface area contributed by atoms with Crippen LogP contribution in [0.1, 0.15) is 18.2 Å². The van der Waals surface area contributed by atoms with Gasteiger partial charge in [0.05, 0.1) is 11.1 Å². The van der Waals surface area contributed by atoms with E-state index in [4.69, 9.17) is 0 Å². The third-order valence-electron chi connectivity index (χ3n) is 2.70. The van der Waals surface area contributed by atoms with Gasteiger partial charge < -0.3 is 4.57 Å². The van der Waals surface area contributed by atoms with Crippen molar-refractivity contribution in [2.75, 3.05) is 0 Å². The molecule has 0 saturated carbocycles. The summed E-state index contributed by atoms with van der Waals surface area (Å²) in [6.07, 6.45) is 1.87. The van der Waals surface area contributed by atoms with Crippen LogP contribution in [0.3, 0.4) is 0 Å². The van der Waals surface area contributed by atoms with Crippen molar-refractivity contribution < 1.29 is 0 Å². The predicted molar refractivity (Wildman–Crippen MR) is 68.9 cm³/mol. The van der Waals surface area contributed by atoms with Gasteiger partial charge in [0.15, 0.2) is 5.43 Å². The molecule has 0 fully saturated rings. The van der Waals surface area contributed by atoms with Crippen LogP contribution < -0.4 is 5.43 Å². The molecule has 3 nitrogen and oxygen atoms in total. The van der Waals surface area contributed by atoms with Gasteiger partial charge in [0.25, 0.3) is 0 Å². The van der Waals surface area contributed by atoms with E-state index in [1.54, 1.807) is 0 Å². The Morgan fingerprint density at radius 2 is 2.12 bits per heavy atom. The van der Waals surface area contributed by atoms with Gasteiger partial charge >= 0.3 is 0 Å². The average molecular weight is 281 g/mol. The molecule has 0 aliphatic carbocycles. The first-order valence-corrected chi connectivity index (χ1v) is 6.00. The monoisotopic (exact) mass is 280 g/mol. The number of hydrogen-bond acceptors (Lipinski definition) is 2. The van der Waals surface area contributed by atoms with Crippen molar-refractivity contribution in [3.63, 3.8) is 0 Å². The first-order chi connectivity index (χ1) is 7.54. The maximum absolute atomic E-state index is 12.0. The number of fused-ring (bicyclic) bond motifs is 1. The molecule has 0 spiro atoms. The summed E-state index contributed by atoms with van der Waals surface area (Å²) in [5.41, 5.74) is 2.48. The third kappa shape index (κ3) is 1.67. The van der Waals surface area contributed by atoms with Gasteiger partial charge in [-0.15, -0.1) is 0 Å². The molecule has 2 aromatic rings. The molecule has 0 amide bonds. The van der Waals surface area contributed by atoms with E-state index in [9.17, 15) is 4.79 Å². The fraction of sp³-hybridized carbons (Fsp3) is 0.333. The summed E-state index contributed by atoms with van der Waals surface area (Å²) in [5, 5.41) is 0.680. The Balaban J connectivity index is 2.99. The number of halogens is 1. The summed E-state index contributed by atoms with van der Waals surface area (Å²) in [6.45, 7) is 6.61. The van der Waals surface area contributed by atoms with Crippen molar-refractivity contribution >= 4 is 27.0 Å². The molecular formula is C12H13BrN2O. The highest BCUT2D eigenvalue weighted by atomic mass is 79.9. The molecule has 0 bridgehead atoms. The molecule has 0 radical (unpaired) electrons. The lowest BCUT2D eigenvalue weighted by Crippen LogP contribution is -2.13. The predicted octanol–water partition coefficient (Wildman–Crippen LogP) is 2.80. The van der Waals surface area contributed by atoms with Crippen LogP contribution in [-0.4, -0.2) is 9.55 Å². The minimum absolute atomic E-state index is 0.0629. The highest BCUT2D eigenvalue weighted by Gasteiger charge is 2.09. The van der Waals surface area contributed by atoms with Crippen molar-refractivity contribution in [3.05, 3.63) is 38.2 Å². The largest absolute Gasteiger partial charge is 0.332 e. The highest BCUT2D eigenvalue weighted by molar-refractivity contribution is 9.10. The summed E-state index contributed by atoms with van der Waals surface area (Å²) >= 11 is 3.41. The number of hydrogen-bond donors (Lipinski definition) is 0. The molecule has 0 N–H and O–H groups in total. The van der Waals surface area contributed by atoms with Gasteiger partial charge in [0.1, 0.15) is 5.65 Å². The smallest absolute Gasteiger partial charge is 0.193 e. The maximum Gasteiger partial charge on any atom is 0.193 e. The second-order valence-electron chi connectivity index (χ2n) is 3.85. The summed E-state index contributed by atoms with van der Waals surface area (Å²) in [6, 6.07) is 1.86. The highest BCUT2D eigenvalue weighted by Crippen LogP contribution is 2.19. The van der Waals surface area contributed by atoms with E-state index in [0.717, 1.165) is 27.9 Å².